The fourth-order valence-corrected chi connectivity index (χ4v) is 3.48. The average Bonchev–Trinajstić information content (AvgIpc) is 3.22. The minimum absolute atomic E-state index is 0.191. The molecule has 0 bridgehead atoms. The van der Waals surface area contributed by atoms with Crippen molar-refractivity contribution in [2.75, 3.05) is 19.9 Å². The van der Waals surface area contributed by atoms with Gasteiger partial charge in [0.25, 0.3) is 11.1 Å². The molecule has 2 aromatic carbocycles. The first-order chi connectivity index (χ1) is 12.7. The smallest absolute Gasteiger partial charge is 0.293 e. The lowest BCUT2D eigenvalue weighted by Gasteiger charge is -2.13. The predicted molar refractivity (Wildman–Crippen MR) is 97.2 cm³/mol. The second-order valence-electron chi connectivity index (χ2n) is 5.61. The average molecular weight is 369 g/mol. The SMILES string of the molecule is O=C1S/C(=C\c2ccc3c(c2)OCO3)C(=O)N1CCOc1ccccc1. The lowest BCUT2D eigenvalue weighted by molar-refractivity contribution is -0.123. The predicted octanol–water partition coefficient (Wildman–Crippen LogP) is 3.53. The van der Waals surface area contributed by atoms with Crippen molar-refractivity contribution >= 4 is 29.0 Å². The Hall–Kier alpha value is -2.93. The minimum Gasteiger partial charge on any atom is -0.492 e. The zero-order valence-corrected chi connectivity index (χ0v) is 14.5. The van der Waals surface area contributed by atoms with Crippen LogP contribution < -0.4 is 14.2 Å². The van der Waals surface area contributed by atoms with E-state index in [0.29, 0.717) is 22.2 Å². The number of hydrogen-bond donors (Lipinski definition) is 0. The summed E-state index contributed by atoms with van der Waals surface area (Å²) in [5.74, 6) is 1.70. The van der Waals surface area contributed by atoms with E-state index < -0.39 is 0 Å². The zero-order chi connectivity index (χ0) is 17.9. The van der Waals surface area contributed by atoms with Crippen LogP contribution in [0.2, 0.25) is 0 Å². The molecule has 0 spiro atoms. The molecular formula is C19H15NO5S. The first-order valence-electron chi connectivity index (χ1n) is 8.03. The third-order valence-electron chi connectivity index (χ3n) is 3.89. The summed E-state index contributed by atoms with van der Waals surface area (Å²) in [7, 11) is 0. The molecule has 6 nitrogen and oxygen atoms in total. The number of imide groups is 1. The number of para-hydroxylation sites is 1. The van der Waals surface area contributed by atoms with Crippen molar-refractivity contribution in [3.63, 3.8) is 0 Å². The van der Waals surface area contributed by atoms with Crippen LogP contribution in [0.1, 0.15) is 5.56 Å². The van der Waals surface area contributed by atoms with E-state index in [1.54, 1.807) is 18.2 Å². The molecule has 2 aromatic rings. The summed E-state index contributed by atoms with van der Waals surface area (Å²) in [5.41, 5.74) is 0.778. The van der Waals surface area contributed by atoms with Crippen LogP contribution in [-0.2, 0) is 4.79 Å². The van der Waals surface area contributed by atoms with Gasteiger partial charge in [-0.05, 0) is 47.7 Å². The quantitative estimate of drug-likeness (QED) is 0.751. The summed E-state index contributed by atoms with van der Waals surface area (Å²) in [4.78, 5) is 26.2. The van der Waals surface area contributed by atoms with E-state index >= 15 is 0 Å². The van der Waals surface area contributed by atoms with Gasteiger partial charge in [0, 0.05) is 0 Å². The molecule has 2 aliphatic heterocycles. The van der Waals surface area contributed by atoms with Gasteiger partial charge in [-0.2, -0.15) is 0 Å². The maximum atomic E-state index is 12.5. The normalized spacial score (nSPS) is 17.2. The van der Waals surface area contributed by atoms with Gasteiger partial charge in [-0.25, -0.2) is 0 Å². The molecule has 2 amide bonds. The molecule has 132 valence electrons. The fourth-order valence-electron chi connectivity index (χ4n) is 2.62. The standard InChI is InChI=1S/C19H15NO5S/c21-18-17(11-13-6-7-15-16(10-13)25-12-24-15)26-19(22)20(18)8-9-23-14-4-2-1-3-5-14/h1-7,10-11H,8-9,12H2/b17-11-. The maximum absolute atomic E-state index is 12.5. The number of rotatable bonds is 5. The lowest BCUT2D eigenvalue weighted by Crippen LogP contribution is -2.32. The highest BCUT2D eigenvalue weighted by atomic mass is 32.2. The van der Waals surface area contributed by atoms with E-state index in [4.69, 9.17) is 14.2 Å². The van der Waals surface area contributed by atoms with Crippen molar-refractivity contribution in [1.29, 1.82) is 0 Å². The Morgan fingerprint density at radius 1 is 1.08 bits per heavy atom. The van der Waals surface area contributed by atoms with Crippen LogP contribution in [0.5, 0.6) is 17.2 Å². The van der Waals surface area contributed by atoms with Gasteiger partial charge in [-0.1, -0.05) is 24.3 Å². The van der Waals surface area contributed by atoms with Crippen molar-refractivity contribution in [3.05, 3.63) is 59.0 Å². The third kappa shape index (κ3) is 3.39. The lowest BCUT2D eigenvalue weighted by atomic mass is 10.2. The highest BCUT2D eigenvalue weighted by Gasteiger charge is 2.34. The summed E-state index contributed by atoms with van der Waals surface area (Å²) in [6, 6.07) is 14.7. The molecule has 7 heteroatoms. The summed E-state index contributed by atoms with van der Waals surface area (Å²) in [5, 5.41) is -0.293. The molecule has 2 heterocycles. The Morgan fingerprint density at radius 3 is 2.73 bits per heavy atom. The van der Waals surface area contributed by atoms with Crippen LogP contribution in [-0.4, -0.2) is 36.0 Å². The molecule has 1 fully saturated rings. The van der Waals surface area contributed by atoms with Crippen LogP contribution in [0.4, 0.5) is 4.79 Å². The number of hydrogen-bond acceptors (Lipinski definition) is 6. The first kappa shape index (κ1) is 16.5. The summed E-state index contributed by atoms with van der Waals surface area (Å²) in [6.45, 7) is 0.647. The molecular weight excluding hydrogens is 354 g/mol. The Balaban J connectivity index is 1.41. The first-order valence-corrected chi connectivity index (χ1v) is 8.85. The number of fused-ring (bicyclic) bond motifs is 1. The van der Waals surface area contributed by atoms with Crippen LogP contribution in [0.25, 0.3) is 6.08 Å². The van der Waals surface area contributed by atoms with Crippen LogP contribution in [0.15, 0.2) is 53.4 Å². The van der Waals surface area contributed by atoms with Crippen molar-refractivity contribution in [2.24, 2.45) is 0 Å². The number of carbonyl (C=O) groups is 2. The van der Waals surface area contributed by atoms with Gasteiger partial charge in [0.1, 0.15) is 12.4 Å². The summed E-state index contributed by atoms with van der Waals surface area (Å²) < 4.78 is 16.2. The number of thioether (sulfide) groups is 1. The van der Waals surface area contributed by atoms with E-state index in [-0.39, 0.29) is 31.1 Å². The molecule has 26 heavy (non-hydrogen) atoms. The largest absolute Gasteiger partial charge is 0.492 e. The van der Waals surface area contributed by atoms with Crippen LogP contribution >= 0.6 is 11.8 Å². The number of carbonyl (C=O) groups excluding carboxylic acids is 2. The molecule has 4 rings (SSSR count). The second-order valence-corrected chi connectivity index (χ2v) is 6.60. The molecule has 1 saturated heterocycles. The fraction of sp³-hybridized carbons (Fsp3) is 0.158. The number of ether oxygens (including phenoxy) is 3. The molecule has 0 N–H and O–H groups in total. The van der Waals surface area contributed by atoms with Crippen molar-refractivity contribution < 1.29 is 23.8 Å². The van der Waals surface area contributed by atoms with Gasteiger partial charge in [-0.3, -0.25) is 14.5 Å². The topological polar surface area (TPSA) is 65.1 Å². The molecule has 0 atom stereocenters. The molecule has 2 aliphatic rings. The van der Waals surface area contributed by atoms with Gasteiger partial charge in [0.15, 0.2) is 11.5 Å². The minimum atomic E-state index is -0.311. The number of amides is 2. The van der Waals surface area contributed by atoms with Gasteiger partial charge in [0.2, 0.25) is 6.79 Å². The van der Waals surface area contributed by atoms with E-state index in [0.717, 1.165) is 17.3 Å². The molecule has 0 radical (unpaired) electrons. The Labute approximate surface area is 154 Å². The van der Waals surface area contributed by atoms with E-state index in [2.05, 4.69) is 0 Å². The van der Waals surface area contributed by atoms with Crippen LogP contribution in [0, 0.1) is 0 Å². The van der Waals surface area contributed by atoms with Crippen molar-refractivity contribution in [3.8, 4) is 17.2 Å². The Bertz CT molecular complexity index is 881. The van der Waals surface area contributed by atoms with Crippen molar-refractivity contribution in [1.82, 2.24) is 4.90 Å². The summed E-state index contributed by atoms with van der Waals surface area (Å²) in [6.07, 6.45) is 1.69. The number of nitrogens with zero attached hydrogens (tertiary/aromatic N) is 1. The zero-order valence-electron chi connectivity index (χ0n) is 13.7. The van der Waals surface area contributed by atoms with E-state index in [1.807, 2.05) is 36.4 Å². The molecule has 0 aliphatic carbocycles. The van der Waals surface area contributed by atoms with Gasteiger partial charge < -0.3 is 14.2 Å². The Kier molecular flexibility index (Phi) is 4.53. The van der Waals surface area contributed by atoms with E-state index in [1.165, 1.54) is 4.90 Å². The highest BCUT2D eigenvalue weighted by molar-refractivity contribution is 8.18. The van der Waals surface area contributed by atoms with Gasteiger partial charge >= 0.3 is 0 Å². The van der Waals surface area contributed by atoms with Crippen molar-refractivity contribution in [2.45, 2.75) is 0 Å². The molecule has 0 unspecified atom stereocenters. The highest BCUT2D eigenvalue weighted by Crippen LogP contribution is 2.36. The van der Waals surface area contributed by atoms with Crippen LogP contribution in [0.3, 0.4) is 0 Å². The maximum Gasteiger partial charge on any atom is 0.293 e. The Morgan fingerprint density at radius 2 is 1.88 bits per heavy atom. The monoisotopic (exact) mass is 369 g/mol. The van der Waals surface area contributed by atoms with Gasteiger partial charge in [0.05, 0.1) is 11.4 Å². The van der Waals surface area contributed by atoms with E-state index in [9.17, 15) is 9.59 Å². The second kappa shape index (κ2) is 7.13. The van der Waals surface area contributed by atoms with Gasteiger partial charge in [-0.15, -0.1) is 0 Å². The number of benzene rings is 2. The molecule has 0 aromatic heterocycles. The third-order valence-corrected chi connectivity index (χ3v) is 4.80. The molecule has 0 saturated carbocycles. The summed E-state index contributed by atoms with van der Waals surface area (Å²) >= 11 is 0.927.